The van der Waals surface area contributed by atoms with E-state index in [-0.39, 0.29) is 30.0 Å². The summed E-state index contributed by atoms with van der Waals surface area (Å²) in [6.45, 7) is 1.46. The van der Waals surface area contributed by atoms with Gasteiger partial charge in [0.25, 0.3) is 5.69 Å². The van der Waals surface area contributed by atoms with Crippen LogP contribution in [-0.4, -0.2) is 28.5 Å². The quantitative estimate of drug-likeness (QED) is 0.494. The van der Waals surface area contributed by atoms with Gasteiger partial charge in [-0.15, -0.1) is 0 Å². The summed E-state index contributed by atoms with van der Waals surface area (Å²) in [5, 5.41) is 23.8. The van der Waals surface area contributed by atoms with Gasteiger partial charge in [-0.2, -0.15) is 0 Å². The minimum atomic E-state index is -0.481. The molecule has 6 nitrogen and oxygen atoms in total. The van der Waals surface area contributed by atoms with Crippen LogP contribution in [-0.2, 0) is 0 Å². The highest BCUT2D eigenvalue weighted by molar-refractivity contribution is 5.95. The number of carbonyl (C=O) groups excluding carboxylic acids is 1. The fourth-order valence-corrected chi connectivity index (χ4v) is 2.84. The van der Waals surface area contributed by atoms with Gasteiger partial charge in [-0.25, -0.2) is 0 Å². The fourth-order valence-electron chi connectivity index (χ4n) is 2.84. The van der Waals surface area contributed by atoms with Crippen molar-refractivity contribution in [3.8, 4) is 0 Å². The molecule has 1 aromatic carbocycles. The van der Waals surface area contributed by atoms with Gasteiger partial charge in [-0.3, -0.25) is 14.9 Å². The second kappa shape index (κ2) is 6.67. The molecule has 0 aliphatic heterocycles. The molecule has 6 heteroatoms. The van der Waals surface area contributed by atoms with Crippen LogP contribution in [0.4, 0.5) is 11.4 Å². The van der Waals surface area contributed by atoms with Gasteiger partial charge in [0.1, 0.15) is 5.69 Å². The van der Waals surface area contributed by atoms with E-state index in [4.69, 9.17) is 0 Å². The lowest BCUT2D eigenvalue weighted by Gasteiger charge is -2.31. The van der Waals surface area contributed by atoms with Crippen LogP contribution in [0.3, 0.4) is 0 Å². The van der Waals surface area contributed by atoms with E-state index in [0.29, 0.717) is 11.3 Å². The molecule has 0 saturated heterocycles. The van der Waals surface area contributed by atoms with Gasteiger partial charge in [-0.1, -0.05) is 12.8 Å². The molecule has 1 aromatic rings. The number of rotatable bonds is 5. The highest BCUT2D eigenvalue weighted by Gasteiger charge is 2.26. The van der Waals surface area contributed by atoms with Crippen LogP contribution < -0.4 is 5.32 Å². The van der Waals surface area contributed by atoms with Gasteiger partial charge < -0.3 is 10.4 Å². The Bertz CT molecular complexity index is 544. The molecule has 1 aliphatic carbocycles. The Hall–Kier alpha value is -1.95. The second-order valence-electron chi connectivity index (χ2n) is 5.52. The first-order valence-electron chi connectivity index (χ1n) is 7.19. The van der Waals surface area contributed by atoms with Crippen LogP contribution in [0.2, 0.25) is 0 Å². The molecule has 2 atom stereocenters. The van der Waals surface area contributed by atoms with Crippen molar-refractivity contribution in [2.75, 3.05) is 11.9 Å². The number of Topliss-reactive ketones (excluding diaryl/α,β-unsaturated/α-hetero) is 1. The number of nitrogens with zero attached hydrogens (tertiary/aromatic N) is 1. The van der Waals surface area contributed by atoms with Gasteiger partial charge in [0.15, 0.2) is 5.78 Å². The number of nitro benzene ring substituents is 1. The molecular formula is C15H20N2O4. The molecule has 0 aromatic heterocycles. The molecule has 114 valence electrons. The van der Waals surface area contributed by atoms with Crippen molar-refractivity contribution < 1.29 is 14.8 Å². The predicted molar refractivity (Wildman–Crippen MR) is 79.6 cm³/mol. The number of aliphatic hydroxyl groups excluding tert-OH is 1. The average molecular weight is 292 g/mol. The number of carbonyl (C=O) groups is 1. The summed E-state index contributed by atoms with van der Waals surface area (Å²) in [6.07, 6.45) is 3.94. The third kappa shape index (κ3) is 3.58. The standard InChI is InChI=1S/C15H20N2O4/c1-10(19)11-6-7-14(15(8-11)17(20)21)16-13-5-3-2-4-12(13)9-18/h6-8,12-13,16,18H,2-5,9H2,1H3. The number of hydrogen-bond donors (Lipinski definition) is 2. The first-order valence-corrected chi connectivity index (χ1v) is 7.19. The van der Waals surface area contributed by atoms with Crippen LogP contribution in [0.25, 0.3) is 0 Å². The van der Waals surface area contributed by atoms with Crippen molar-refractivity contribution in [1.29, 1.82) is 0 Å². The number of benzene rings is 1. The molecule has 1 saturated carbocycles. The van der Waals surface area contributed by atoms with Crippen LogP contribution >= 0.6 is 0 Å². The number of nitro groups is 1. The Morgan fingerprint density at radius 2 is 2.14 bits per heavy atom. The van der Waals surface area contributed by atoms with Crippen molar-refractivity contribution in [3.05, 3.63) is 33.9 Å². The summed E-state index contributed by atoms with van der Waals surface area (Å²) < 4.78 is 0. The van der Waals surface area contributed by atoms with Crippen molar-refractivity contribution in [1.82, 2.24) is 0 Å². The molecular weight excluding hydrogens is 272 g/mol. The number of nitrogens with one attached hydrogen (secondary N) is 1. The number of aliphatic hydroxyl groups is 1. The van der Waals surface area contributed by atoms with Crippen LogP contribution in [0, 0.1) is 16.0 Å². The summed E-state index contributed by atoms with van der Waals surface area (Å²) >= 11 is 0. The maximum Gasteiger partial charge on any atom is 0.293 e. The maximum absolute atomic E-state index is 11.3. The van der Waals surface area contributed by atoms with Gasteiger partial charge >= 0.3 is 0 Å². The van der Waals surface area contributed by atoms with E-state index in [1.165, 1.54) is 13.0 Å². The SMILES string of the molecule is CC(=O)c1ccc(NC2CCCCC2CO)c([N+](=O)[O-])c1. The molecule has 1 aliphatic rings. The Morgan fingerprint density at radius 1 is 1.43 bits per heavy atom. The van der Waals surface area contributed by atoms with Crippen molar-refractivity contribution in [2.45, 2.75) is 38.6 Å². The molecule has 0 bridgehead atoms. The molecule has 2 rings (SSSR count). The minimum Gasteiger partial charge on any atom is -0.396 e. The minimum absolute atomic E-state index is 0.0330. The summed E-state index contributed by atoms with van der Waals surface area (Å²) in [5.74, 6) is -0.0820. The van der Waals surface area contributed by atoms with E-state index < -0.39 is 4.92 Å². The monoisotopic (exact) mass is 292 g/mol. The Balaban J connectivity index is 2.26. The van der Waals surface area contributed by atoms with Crippen molar-refractivity contribution >= 4 is 17.2 Å². The smallest absolute Gasteiger partial charge is 0.293 e. The Labute approximate surface area is 123 Å². The van der Waals surface area contributed by atoms with E-state index in [9.17, 15) is 20.0 Å². The zero-order chi connectivity index (χ0) is 15.4. The lowest BCUT2D eigenvalue weighted by molar-refractivity contribution is -0.384. The number of hydrogen-bond acceptors (Lipinski definition) is 5. The van der Waals surface area contributed by atoms with Gasteiger partial charge in [0, 0.05) is 30.2 Å². The number of anilines is 1. The molecule has 2 unspecified atom stereocenters. The maximum atomic E-state index is 11.3. The molecule has 0 spiro atoms. The lowest BCUT2D eigenvalue weighted by atomic mass is 9.85. The van der Waals surface area contributed by atoms with E-state index in [1.807, 2.05) is 0 Å². The normalized spacial score (nSPS) is 21.8. The topological polar surface area (TPSA) is 92.5 Å². The molecule has 0 amide bonds. The fraction of sp³-hybridized carbons (Fsp3) is 0.533. The third-order valence-electron chi connectivity index (χ3n) is 4.09. The van der Waals surface area contributed by atoms with Gasteiger partial charge in [-0.05, 0) is 31.9 Å². The van der Waals surface area contributed by atoms with Crippen LogP contribution in [0.1, 0.15) is 43.0 Å². The molecule has 21 heavy (non-hydrogen) atoms. The van der Waals surface area contributed by atoms with Crippen LogP contribution in [0.15, 0.2) is 18.2 Å². The summed E-state index contributed by atoms with van der Waals surface area (Å²) in [5.41, 5.74) is 0.648. The number of ketones is 1. The second-order valence-corrected chi connectivity index (χ2v) is 5.52. The molecule has 1 fully saturated rings. The van der Waals surface area contributed by atoms with Gasteiger partial charge in [0.05, 0.1) is 4.92 Å². The highest BCUT2D eigenvalue weighted by atomic mass is 16.6. The predicted octanol–water partition coefficient (Wildman–Crippen LogP) is 2.76. The summed E-state index contributed by atoms with van der Waals surface area (Å²) in [6, 6.07) is 4.51. The summed E-state index contributed by atoms with van der Waals surface area (Å²) in [7, 11) is 0. The van der Waals surface area contributed by atoms with Crippen LogP contribution in [0.5, 0.6) is 0 Å². The summed E-state index contributed by atoms with van der Waals surface area (Å²) in [4.78, 5) is 22.1. The van der Waals surface area contributed by atoms with E-state index in [1.54, 1.807) is 12.1 Å². The van der Waals surface area contributed by atoms with Crippen molar-refractivity contribution in [3.63, 3.8) is 0 Å². The zero-order valence-electron chi connectivity index (χ0n) is 12.0. The third-order valence-corrected chi connectivity index (χ3v) is 4.09. The zero-order valence-corrected chi connectivity index (χ0v) is 12.0. The van der Waals surface area contributed by atoms with E-state index >= 15 is 0 Å². The molecule has 0 heterocycles. The Kier molecular flexibility index (Phi) is 4.90. The first-order chi connectivity index (χ1) is 10.0. The first kappa shape index (κ1) is 15.4. The largest absolute Gasteiger partial charge is 0.396 e. The molecule has 2 N–H and O–H groups in total. The van der Waals surface area contributed by atoms with Crippen molar-refractivity contribution in [2.24, 2.45) is 5.92 Å². The average Bonchev–Trinajstić information content (AvgIpc) is 2.47. The highest BCUT2D eigenvalue weighted by Crippen LogP contribution is 2.31. The van der Waals surface area contributed by atoms with E-state index in [0.717, 1.165) is 25.7 Å². The van der Waals surface area contributed by atoms with Gasteiger partial charge in [0.2, 0.25) is 0 Å². The lowest BCUT2D eigenvalue weighted by Crippen LogP contribution is -2.34. The van der Waals surface area contributed by atoms with E-state index in [2.05, 4.69) is 5.32 Å². The Morgan fingerprint density at radius 3 is 2.76 bits per heavy atom. The molecule has 0 radical (unpaired) electrons.